The van der Waals surface area contributed by atoms with Crippen molar-refractivity contribution >= 4 is 5.97 Å². The molecular formula is C10H16O2. The quantitative estimate of drug-likeness (QED) is 0.517. The summed E-state index contributed by atoms with van der Waals surface area (Å²) in [5, 5.41) is 0. The zero-order chi connectivity index (χ0) is 8.72. The van der Waals surface area contributed by atoms with Gasteiger partial charge in [-0.05, 0) is 38.0 Å². The number of esters is 1. The Morgan fingerprint density at radius 2 is 2.08 bits per heavy atom. The highest BCUT2D eigenvalue weighted by Gasteiger charge is 2.43. The van der Waals surface area contributed by atoms with E-state index in [9.17, 15) is 4.79 Å². The van der Waals surface area contributed by atoms with Crippen molar-refractivity contribution in [1.82, 2.24) is 0 Å². The lowest BCUT2D eigenvalue weighted by molar-refractivity contribution is -0.163. The summed E-state index contributed by atoms with van der Waals surface area (Å²) in [7, 11) is 0. The van der Waals surface area contributed by atoms with E-state index in [1.807, 2.05) is 6.92 Å². The first-order valence-electron chi connectivity index (χ1n) is 4.89. The van der Waals surface area contributed by atoms with Crippen molar-refractivity contribution in [2.45, 2.75) is 39.2 Å². The molecule has 0 N–H and O–H groups in total. The van der Waals surface area contributed by atoms with Crippen molar-refractivity contribution in [3.05, 3.63) is 0 Å². The van der Waals surface area contributed by atoms with Crippen molar-refractivity contribution in [3.8, 4) is 0 Å². The van der Waals surface area contributed by atoms with Crippen molar-refractivity contribution in [2.24, 2.45) is 17.8 Å². The van der Waals surface area contributed by atoms with E-state index in [1.54, 1.807) is 0 Å². The second-order valence-corrected chi connectivity index (χ2v) is 4.32. The molecule has 2 nitrogen and oxygen atoms in total. The molecule has 0 aromatic carbocycles. The Kier molecular flexibility index (Phi) is 1.85. The summed E-state index contributed by atoms with van der Waals surface area (Å²) in [5.74, 6) is 1.45. The van der Waals surface area contributed by atoms with Crippen LogP contribution in [0.4, 0.5) is 0 Å². The lowest BCUT2D eigenvalue weighted by Gasteiger charge is -2.30. The molecule has 0 aromatic heterocycles. The van der Waals surface area contributed by atoms with Gasteiger partial charge in [0.25, 0.3) is 0 Å². The highest BCUT2D eigenvalue weighted by atomic mass is 16.5. The molecule has 0 bridgehead atoms. The van der Waals surface area contributed by atoms with Gasteiger partial charge in [0.2, 0.25) is 0 Å². The van der Waals surface area contributed by atoms with Crippen molar-refractivity contribution in [1.29, 1.82) is 0 Å². The molecule has 2 aliphatic rings. The molecule has 0 radical (unpaired) electrons. The Morgan fingerprint density at radius 3 is 2.83 bits per heavy atom. The van der Waals surface area contributed by atoms with Crippen LogP contribution in [0.1, 0.15) is 33.1 Å². The van der Waals surface area contributed by atoms with Gasteiger partial charge in [-0.25, -0.2) is 0 Å². The highest BCUT2D eigenvalue weighted by Crippen LogP contribution is 2.43. The van der Waals surface area contributed by atoms with Gasteiger partial charge in [-0.2, -0.15) is 0 Å². The highest BCUT2D eigenvalue weighted by molar-refractivity contribution is 5.74. The normalized spacial score (nSPS) is 47.0. The van der Waals surface area contributed by atoms with Gasteiger partial charge in [0.1, 0.15) is 0 Å². The molecule has 68 valence electrons. The smallest absolute Gasteiger partial charge is 0.309 e. The summed E-state index contributed by atoms with van der Waals surface area (Å²) < 4.78 is 5.23. The van der Waals surface area contributed by atoms with E-state index < -0.39 is 0 Å². The van der Waals surface area contributed by atoms with E-state index in [-0.39, 0.29) is 18.0 Å². The van der Waals surface area contributed by atoms with Crippen LogP contribution in [0.5, 0.6) is 0 Å². The van der Waals surface area contributed by atoms with E-state index in [0.717, 1.165) is 6.42 Å². The van der Waals surface area contributed by atoms with E-state index in [0.29, 0.717) is 11.8 Å². The van der Waals surface area contributed by atoms with Gasteiger partial charge in [-0.3, -0.25) is 4.79 Å². The number of hydrogen-bond donors (Lipinski definition) is 0. The average molecular weight is 168 g/mol. The van der Waals surface area contributed by atoms with Crippen LogP contribution in [0.25, 0.3) is 0 Å². The summed E-state index contributed by atoms with van der Waals surface area (Å²) in [6.07, 6.45) is 3.67. The Hall–Kier alpha value is -0.530. The van der Waals surface area contributed by atoms with Gasteiger partial charge in [-0.1, -0.05) is 6.92 Å². The van der Waals surface area contributed by atoms with Crippen molar-refractivity contribution < 1.29 is 9.53 Å². The van der Waals surface area contributed by atoms with E-state index in [1.165, 1.54) is 12.8 Å². The fourth-order valence-corrected chi connectivity index (χ4v) is 2.74. The van der Waals surface area contributed by atoms with E-state index in [4.69, 9.17) is 4.74 Å². The molecule has 4 atom stereocenters. The Bertz CT molecular complexity index is 200. The Morgan fingerprint density at radius 1 is 1.33 bits per heavy atom. The van der Waals surface area contributed by atoms with Gasteiger partial charge >= 0.3 is 5.97 Å². The van der Waals surface area contributed by atoms with Crippen LogP contribution >= 0.6 is 0 Å². The first-order valence-corrected chi connectivity index (χ1v) is 4.89. The summed E-state index contributed by atoms with van der Waals surface area (Å²) in [6.45, 7) is 4.17. The van der Waals surface area contributed by atoms with Crippen LogP contribution in [-0.4, -0.2) is 12.1 Å². The number of ether oxygens (including phenoxy) is 1. The largest absolute Gasteiger partial charge is 0.462 e. The molecule has 0 spiro atoms. The van der Waals surface area contributed by atoms with Crippen LogP contribution in [0.3, 0.4) is 0 Å². The number of cyclic esters (lactones) is 1. The second kappa shape index (κ2) is 2.75. The maximum Gasteiger partial charge on any atom is 0.309 e. The average Bonchev–Trinajstić information content (AvgIpc) is 2.31. The van der Waals surface area contributed by atoms with Crippen LogP contribution < -0.4 is 0 Å². The van der Waals surface area contributed by atoms with Gasteiger partial charge in [0.15, 0.2) is 0 Å². The molecule has 0 amide bonds. The van der Waals surface area contributed by atoms with E-state index >= 15 is 0 Å². The molecule has 0 aromatic rings. The summed E-state index contributed by atoms with van der Waals surface area (Å²) >= 11 is 0. The predicted molar refractivity (Wildman–Crippen MR) is 45.5 cm³/mol. The van der Waals surface area contributed by atoms with Gasteiger partial charge < -0.3 is 4.74 Å². The van der Waals surface area contributed by atoms with Gasteiger partial charge in [0, 0.05) is 0 Å². The van der Waals surface area contributed by atoms with Crippen LogP contribution in [0, 0.1) is 17.8 Å². The van der Waals surface area contributed by atoms with Crippen LogP contribution in [0.2, 0.25) is 0 Å². The standard InChI is InChI=1S/C10H16O2/c1-6-3-4-8-5-7(2)12-10(11)9(6)8/h6-9H,3-5H2,1-2H3/t6-,7?,8+,9?/m0/s1. The minimum atomic E-state index is 0.0590. The first kappa shape index (κ1) is 8.09. The molecule has 1 aliphatic carbocycles. The molecule has 1 aliphatic heterocycles. The fourth-order valence-electron chi connectivity index (χ4n) is 2.74. The maximum absolute atomic E-state index is 11.5. The molecule has 2 heteroatoms. The van der Waals surface area contributed by atoms with Gasteiger partial charge in [0.05, 0.1) is 12.0 Å². The molecule has 2 fully saturated rings. The fraction of sp³-hybridized carbons (Fsp3) is 0.900. The summed E-state index contributed by atoms with van der Waals surface area (Å²) in [6, 6.07) is 0. The minimum absolute atomic E-state index is 0.0590. The predicted octanol–water partition coefficient (Wildman–Crippen LogP) is 1.98. The third kappa shape index (κ3) is 1.13. The Balaban J connectivity index is 2.14. The first-order chi connectivity index (χ1) is 5.68. The van der Waals surface area contributed by atoms with Crippen molar-refractivity contribution in [3.63, 3.8) is 0 Å². The molecule has 2 unspecified atom stereocenters. The number of rotatable bonds is 0. The zero-order valence-electron chi connectivity index (χ0n) is 7.75. The topological polar surface area (TPSA) is 26.3 Å². The lowest BCUT2D eigenvalue weighted by Crippen LogP contribution is -2.35. The molecule has 12 heavy (non-hydrogen) atoms. The minimum Gasteiger partial charge on any atom is -0.462 e. The molecular weight excluding hydrogens is 152 g/mol. The molecule has 1 heterocycles. The third-order valence-corrected chi connectivity index (χ3v) is 3.34. The zero-order valence-corrected chi connectivity index (χ0v) is 7.75. The number of hydrogen-bond acceptors (Lipinski definition) is 2. The second-order valence-electron chi connectivity index (χ2n) is 4.32. The number of fused-ring (bicyclic) bond motifs is 1. The summed E-state index contributed by atoms with van der Waals surface area (Å²) in [4.78, 5) is 11.5. The maximum atomic E-state index is 11.5. The SMILES string of the molecule is CC1C[C@H]2CC[C@H](C)C2C(=O)O1. The van der Waals surface area contributed by atoms with Crippen molar-refractivity contribution in [2.75, 3.05) is 0 Å². The molecule has 1 saturated carbocycles. The number of carbonyl (C=O) groups excluding carboxylic acids is 1. The monoisotopic (exact) mass is 168 g/mol. The summed E-state index contributed by atoms with van der Waals surface area (Å²) in [5.41, 5.74) is 0. The van der Waals surface area contributed by atoms with Crippen LogP contribution in [0.15, 0.2) is 0 Å². The molecule has 1 saturated heterocycles. The molecule has 2 rings (SSSR count). The van der Waals surface area contributed by atoms with E-state index in [2.05, 4.69) is 6.92 Å². The third-order valence-electron chi connectivity index (χ3n) is 3.34. The number of carbonyl (C=O) groups is 1. The van der Waals surface area contributed by atoms with Gasteiger partial charge in [-0.15, -0.1) is 0 Å². The lowest BCUT2D eigenvalue weighted by atomic mass is 9.85. The van der Waals surface area contributed by atoms with Crippen LogP contribution in [-0.2, 0) is 9.53 Å². The Labute approximate surface area is 73.3 Å².